The molecule has 2 aliphatic rings. The summed E-state index contributed by atoms with van der Waals surface area (Å²) in [4.78, 5) is 27.7. The van der Waals surface area contributed by atoms with Crippen molar-refractivity contribution in [2.75, 3.05) is 31.5 Å². The van der Waals surface area contributed by atoms with Crippen LogP contribution in [0.25, 0.3) is 0 Å². The van der Waals surface area contributed by atoms with E-state index >= 15 is 0 Å². The molecule has 0 atom stereocenters. The van der Waals surface area contributed by atoms with Crippen LogP contribution in [0.15, 0.2) is 47.4 Å². The standard InChI is InChI=1S/C19H18N2O4S/c1-26-15-4-2-3-14(8-15)20-18(22)13-9-21(10-13)19(23)12-5-6-16-17(7-12)25-11-24-16/h2-8,13H,9-11H2,1H3,(H,20,22). The van der Waals surface area contributed by atoms with Crippen LogP contribution in [0.4, 0.5) is 5.69 Å². The zero-order valence-electron chi connectivity index (χ0n) is 14.2. The van der Waals surface area contributed by atoms with Gasteiger partial charge in [0.15, 0.2) is 11.5 Å². The van der Waals surface area contributed by atoms with E-state index in [4.69, 9.17) is 9.47 Å². The van der Waals surface area contributed by atoms with Gasteiger partial charge in [-0.2, -0.15) is 0 Å². The van der Waals surface area contributed by atoms with Crippen molar-refractivity contribution in [3.8, 4) is 11.5 Å². The Hall–Kier alpha value is -2.67. The number of ether oxygens (including phenoxy) is 2. The molecule has 0 aromatic heterocycles. The van der Waals surface area contributed by atoms with Gasteiger partial charge in [-0.1, -0.05) is 6.07 Å². The number of hydrogen-bond acceptors (Lipinski definition) is 5. The molecule has 2 amide bonds. The number of thioether (sulfide) groups is 1. The molecule has 1 fully saturated rings. The summed E-state index contributed by atoms with van der Waals surface area (Å²) >= 11 is 1.63. The lowest BCUT2D eigenvalue weighted by Gasteiger charge is -2.38. The maximum absolute atomic E-state index is 12.5. The number of nitrogens with one attached hydrogen (secondary N) is 1. The highest BCUT2D eigenvalue weighted by Crippen LogP contribution is 2.33. The predicted molar refractivity (Wildman–Crippen MR) is 98.8 cm³/mol. The maximum Gasteiger partial charge on any atom is 0.254 e. The van der Waals surface area contributed by atoms with Gasteiger partial charge in [-0.15, -0.1) is 11.8 Å². The molecule has 2 aliphatic heterocycles. The molecule has 4 rings (SSSR count). The van der Waals surface area contributed by atoms with Crippen molar-refractivity contribution in [1.29, 1.82) is 0 Å². The van der Waals surface area contributed by atoms with Crippen molar-refractivity contribution in [1.82, 2.24) is 4.90 Å². The van der Waals surface area contributed by atoms with Crippen molar-refractivity contribution in [3.05, 3.63) is 48.0 Å². The number of fused-ring (bicyclic) bond motifs is 1. The topological polar surface area (TPSA) is 67.9 Å². The zero-order valence-corrected chi connectivity index (χ0v) is 15.0. The molecule has 2 aromatic rings. The van der Waals surface area contributed by atoms with Gasteiger partial charge in [-0.25, -0.2) is 0 Å². The van der Waals surface area contributed by atoms with E-state index in [1.807, 2.05) is 30.5 Å². The number of benzene rings is 2. The van der Waals surface area contributed by atoms with Crippen molar-refractivity contribution in [3.63, 3.8) is 0 Å². The van der Waals surface area contributed by atoms with Gasteiger partial charge in [-0.05, 0) is 42.7 Å². The highest BCUT2D eigenvalue weighted by molar-refractivity contribution is 7.98. The minimum absolute atomic E-state index is 0.0574. The summed E-state index contributed by atoms with van der Waals surface area (Å²) in [7, 11) is 0. The summed E-state index contributed by atoms with van der Waals surface area (Å²) in [5, 5.41) is 2.93. The van der Waals surface area contributed by atoms with E-state index in [-0.39, 0.29) is 24.5 Å². The Labute approximate surface area is 155 Å². The average Bonchev–Trinajstić information content (AvgIpc) is 3.08. The number of amides is 2. The first-order valence-corrected chi connectivity index (χ1v) is 9.50. The first kappa shape index (κ1) is 16.8. The fourth-order valence-corrected chi connectivity index (χ4v) is 3.43. The maximum atomic E-state index is 12.5. The Kier molecular flexibility index (Phi) is 4.46. The molecule has 134 valence electrons. The normalized spacial score (nSPS) is 15.5. The van der Waals surface area contributed by atoms with E-state index in [2.05, 4.69) is 5.32 Å². The highest BCUT2D eigenvalue weighted by atomic mass is 32.2. The highest BCUT2D eigenvalue weighted by Gasteiger charge is 2.36. The Balaban J connectivity index is 1.34. The Morgan fingerprint density at radius 2 is 1.92 bits per heavy atom. The first-order chi connectivity index (χ1) is 12.6. The van der Waals surface area contributed by atoms with Crippen LogP contribution < -0.4 is 14.8 Å². The van der Waals surface area contributed by atoms with Gasteiger partial charge in [0.05, 0.1) is 5.92 Å². The summed E-state index contributed by atoms with van der Waals surface area (Å²) < 4.78 is 10.6. The van der Waals surface area contributed by atoms with Crippen LogP contribution in [-0.2, 0) is 4.79 Å². The Bertz CT molecular complexity index is 864. The van der Waals surface area contributed by atoms with E-state index in [1.165, 1.54) is 0 Å². The number of hydrogen-bond donors (Lipinski definition) is 1. The average molecular weight is 370 g/mol. The lowest BCUT2D eigenvalue weighted by Crippen LogP contribution is -2.54. The number of anilines is 1. The molecule has 6 nitrogen and oxygen atoms in total. The zero-order chi connectivity index (χ0) is 18.1. The third-order valence-corrected chi connectivity index (χ3v) is 5.22. The van der Waals surface area contributed by atoms with Crippen LogP contribution in [0.1, 0.15) is 10.4 Å². The second-order valence-electron chi connectivity index (χ2n) is 6.20. The minimum Gasteiger partial charge on any atom is -0.454 e. The molecule has 7 heteroatoms. The van der Waals surface area contributed by atoms with Crippen LogP contribution in [0, 0.1) is 5.92 Å². The fourth-order valence-electron chi connectivity index (χ4n) is 2.97. The predicted octanol–water partition coefficient (Wildman–Crippen LogP) is 2.85. The van der Waals surface area contributed by atoms with Crippen LogP contribution in [0.2, 0.25) is 0 Å². The summed E-state index contributed by atoms with van der Waals surface area (Å²) in [6.45, 7) is 1.01. The van der Waals surface area contributed by atoms with Gasteiger partial charge < -0.3 is 19.7 Å². The number of nitrogens with zero attached hydrogens (tertiary/aromatic N) is 1. The minimum atomic E-state index is -0.189. The Morgan fingerprint density at radius 3 is 2.73 bits per heavy atom. The monoisotopic (exact) mass is 370 g/mol. The molecule has 0 spiro atoms. The van der Waals surface area contributed by atoms with Gasteiger partial charge in [0, 0.05) is 29.2 Å². The Morgan fingerprint density at radius 1 is 1.12 bits per heavy atom. The number of likely N-dealkylation sites (tertiary alicyclic amines) is 1. The van der Waals surface area contributed by atoms with Gasteiger partial charge in [-0.3, -0.25) is 9.59 Å². The fraction of sp³-hybridized carbons (Fsp3) is 0.263. The second kappa shape index (κ2) is 6.92. The van der Waals surface area contributed by atoms with Crippen LogP contribution in [0.3, 0.4) is 0 Å². The third kappa shape index (κ3) is 3.22. The van der Waals surface area contributed by atoms with Crippen molar-refractivity contribution in [2.24, 2.45) is 5.92 Å². The lowest BCUT2D eigenvalue weighted by atomic mass is 9.97. The van der Waals surface area contributed by atoms with Gasteiger partial charge in [0.2, 0.25) is 12.7 Å². The lowest BCUT2D eigenvalue weighted by molar-refractivity contribution is -0.123. The summed E-state index contributed by atoms with van der Waals surface area (Å²) in [5.41, 5.74) is 1.32. The van der Waals surface area contributed by atoms with E-state index in [1.54, 1.807) is 34.9 Å². The van der Waals surface area contributed by atoms with Crippen molar-refractivity contribution >= 4 is 29.3 Å². The molecule has 2 heterocycles. The van der Waals surface area contributed by atoms with E-state index in [9.17, 15) is 9.59 Å². The molecule has 2 aromatic carbocycles. The molecule has 0 radical (unpaired) electrons. The number of carbonyl (C=O) groups excluding carboxylic acids is 2. The molecule has 0 saturated carbocycles. The SMILES string of the molecule is CSc1cccc(NC(=O)C2CN(C(=O)c3ccc4c(c3)OCO4)C2)c1. The smallest absolute Gasteiger partial charge is 0.254 e. The number of rotatable bonds is 4. The van der Waals surface area contributed by atoms with Gasteiger partial charge in [0.1, 0.15) is 0 Å². The molecular formula is C19H18N2O4S. The summed E-state index contributed by atoms with van der Waals surface area (Å²) in [5.74, 6) is 0.884. The van der Waals surface area contributed by atoms with Gasteiger partial charge >= 0.3 is 0 Å². The molecular weight excluding hydrogens is 352 g/mol. The molecule has 0 unspecified atom stereocenters. The largest absolute Gasteiger partial charge is 0.454 e. The molecule has 1 N–H and O–H groups in total. The first-order valence-electron chi connectivity index (χ1n) is 8.28. The van der Waals surface area contributed by atoms with E-state index in [0.29, 0.717) is 30.2 Å². The molecule has 1 saturated heterocycles. The van der Waals surface area contributed by atoms with Gasteiger partial charge in [0.25, 0.3) is 5.91 Å². The quantitative estimate of drug-likeness (QED) is 0.839. The molecule has 26 heavy (non-hydrogen) atoms. The summed E-state index contributed by atoms with van der Waals surface area (Å²) in [6.07, 6.45) is 1.99. The van der Waals surface area contributed by atoms with Crippen LogP contribution in [-0.4, -0.2) is 42.9 Å². The third-order valence-electron chi connectivity index (χ3n) is 4.50. The summed E-state index contributed by atoms with van der Waals surface area (Å²) in [6, 6.07) is 12.9. The van der Waals surface area contributed by atoms with Crippen LogP contribution in [0.5, 0.6) is 11.5 Å². The van der Waals surface area contributed by atoms with Crippen molar-refractivity contribution < 1.29 is 19.1 Å². The van der Waals surface area contributed by atoms with Crippen LogP contribution >= 0.6 is 11.8 Å². The van der Waals surface area contributed by atoms with E-state index < -0.39 is 0 Å². The number of carbonyl (C=O) groups is 2. The van der Waals surface area contributed by atoms with E-state index in [0.717, 1.165) is 10.6 Å². The second-order valence-corrected chi connectivity index (χ2v) is 7.08. The van der Waals surface area contributed by atoms with Crippen molar-refractivity contribution in [2.45, 2.75) is 4.90 Å². The molecule has 0 bridgehead atoms. The molecule has 0 aliphatic carbocycles.